The minimum absolute atomic E-state index is 0.0470. The molecular formula is C28H29F5N2O3. The van der Waals surface area contributed by atoms with Crippen LogP contribution in [-0.2, 0) is 24.2 Å². The van der Waals surface area contributed by atoms with E-state index < -0.39 is 41.7 Å². The van der Waals surface area contributed by atoms with Crippen molar-refractivity contribution >= 4 is 11.6 Å². The van der Waals surface area contributed by atoms with Crippen LogP contribution in [0, 0.1) is 11.6 Å². The van der Waals surface area contributed by atoms with Crippen LogP contribution in [-0.4, -0.2) is 30.0 Å². The molecule has 1 amide bonds. The summed E-state index contributed by atoms with van der Waals surface area (Å²) >= 11 is 0. The highest BCUT2D eigenvalue weighted by Crippen LogP contribution is 2.40. The predicted octanol–water partition coefficient (Wildman–Crippen LogP) is 5.86. The molecule has 0 aliphatic heterocycles. The molecule has 2 atom stereocenters. The van der Waals surface area contributed by atoms with Gasteiger partial charge in [0.05, 0.1) is 11.8 Å². The SMILES string of the molecule is CCc1cccc(CNC[C@H](O)[C@@H](Cc2cc(F)cc(F)c2)c2cccc(NC(C)=O)c2OC(F)(F)F)c1. The molecule has 0 unspecified atom stereocenters. The van der Waals surface area contributed by atoms with Crippen molar-refractivity contribution in [1.82, 2.24) is 5.32 Å². The maximum Gasteiger partial charge on any atom is 0.573 e. The molecule has 3 aromatic rings. The Morgan fingerprint density at radius 1 is 0.974 bits per heavy atom. The second-order valence-corrected chi connectivity index (χ2v) is 8.91. The molecule has 0 spiro atoms. The number of anilines is 1. The molecule has 3 rings (SSSR count). The number of alkyl halides is 3. The molecule has 0 saturated carbocycles. The largest absolute Gasteiger partial charge is 0.573 e. The minimum atomic E-state index is -5.10. The summed E-state index contributed by atoms with van der Waals surface area (Å²) in [5.74, 6) is -4.14. The van der Waals surface area contributed by atoms with Gasteiger partial charge in [0, 0.05) is 37.6 Å². The highest BCUT2D eigenvalue weighted by Gasteiger charge is 2.36. The van der Waals surface area contributed by atoms with Crippen molar-refractivity contribution in [3.05, 3.63) is 94.6 Å². The van der Waals surface area contributed by atoms with E-state index in [0.717, 1.165) is 36.6 Å². The summed E-state index contributed by atoms with van der Waals surface area (Å²) in [6, 6.07) is 14.5. The number of aryl methyl sites for hydroxylation is 1. The first kappa shape index (κ1) is 29.1. The normalized spacial score (nSPS) is 13.2. The first-order valence-corrected chi connectivity index (χ1v) is 12.0. The van der Waals surface area contributed by atoms with Gasteiger partial charge in [0.1, 0.15) is 11.6 Å². The van der Waals surface area contributed by atoms with Gasteiger partial charge in [-0.25, -0.2) is 8.78 Å². The zero-order chi connectivity index (χ0) is 27.9. The van der Waals surface area contributed by atoms with E-state index in [1.807, 2.05) is 31.2 Å². The summed E-state index contributed by atoms with van der Waals surface area (Å²) in [6.45, 7) is 3.48. The van der Waals surface area contributed by atoms with Crippen molar-refractivity contribution in [2.45, 2.75) is 51.6 Å². The van der Waals surface area contributed by atoms with Crippen LogP contribution in [0.25, 0.3) is 0 Å². The number of halogens is 5. The number of aliphatic hydroxyl groups excluding tert-OH is 1. The molecule has 3 N–H and O–H groups in total. The molecule has 5 nitrogen and oxygen atoms in total. The Labute approximate surface area is 217 Å². The average molecular weight is 537 g/mol. The van der Waals surface area contributed by atoms with Gasteiger partial charge in [-0.15, -0.1) is 13.2 Å². The maximum absolute atomic E-state index is 13.9. The zero-order valence-corrected chi connectivity index (χ0v) is 20.9. The van der Waals surface area contributed by atoms with Crippen LogP contribution in [0.5, 0.6) is 5.75 Å². The molecule has 0 bridgehead atoms. The molecule has 3 aromatic carbocycles. The van der Waals surface area contributed by atoms with Crippen molar-refractivity contribution < 1.29 is 36.6 Å². The smallest absolute Gasteiger partial charge is 0.403 e. The Balaban J connectivity index is 1.96. The van der Waals surface area contributed by atoms with Crippen molar-refractivity contribution in [1.29, 1.82) is 0 Å². The van der Waals surface area contributed by atoms with E-state index in [4.69, 9.17) is 0 Å². The molecule has 0 radical (unpaired) electrons. The van der Waals surface area contributed by atoms with Gasteiger partial charge in [0.2, 0.25) is 5.91 Å². The topological polar surface area (TPSA) is 70.6 Å². The van der Waals surface area contributed by atoms with E-state index >= 15 is 0 Å². The zero-order valence-electron chi connectivity index (χ0n) is 20.9. The lowest BCUT2D eigenvalue weighted by atomic mass is 9.86. The van der Waals surface area contributed by atoms with Gasteiger partial charge in [0.25, 0.3) is 0 Å². The van der Waals surface area contributed by atoms with Crippen LogP contribution in [0.15, 0.2) is 60.7 Å². The standard InChI is InChI=1S/C28H29F5N2O3/c1-3-18-6-4-7-19(10-18)15-34-16-26(37)24(13-20-11-21(29)14-22(30)12-20)23-8-5-9-25(35-17(2)36)27(23)38-28(31,32)33/h4-12,14,24,26,34,37H,3,13,15-16H2,1-2H3,(H,35,36)/t24-,26-/m0/s1. The molecule has 0 aromatic heterocycles. The third kappa shape index (κ3) is 8.53. The maximum atomic E-state index is 13.9. The third-order valence-corrected chi connectivity index (χ3v) is 5.90. The molecule has 0 aliphatic carbocycles. The molecule has 38 heavy (non-hydrogen) atoms. The number of ether oxygens (including phenoxy) is 1. The van der Waals surface area contributed by atoms with E-state index in [1.165, 1.54) is 18.2 Å². The number of hydrogen-bond donors (Lipinski definition) is 3. The van der Waals surface area contributed by atoms with E-state index in [0.29, 0.717) is 12.6 Å². The summed E-state index contributed by atoms with van der Waals surface area (Å²) in [4.78, 5) is 11.6. The van der Waals surface area contributed by atoms with Crippen molar-refractivity contribution in [2.24, 2.45) is 0 Å². The number of carbonyl (C=O) groups is 1. The van der Waals surface area contributed by atoms with Crippen LogP contribution in [0.3, 0.4) is 0 Å². The van der Waals surface area contributed by atoms with E-state index in [1.54, 1.807) is 0 Å². The summed E-state index contributed by atoms with van der Waals surface area (Å²) in [5, 5.41) is 16.6. The van der Waals surface area contributed by atoms with Crippen LogP contribution in [0.2, 0.25) is 0 Å². The second kappa shape index (κ2) is 12.8. The van der Waals surface area contributed by atoms with Gasteiger partial charge >= 0.3 is 6.36 Å². The fraction of sp³-hybridized carbons (Fsp3) is 0.321. The number of benzene rings is 3. The Morgan fingerprint density at radius 3 is 2.26 bits per heavy atom. The van der Waals surface area contributed by atoms with Gasteiger partial charge < -0.3 is 20.5 Å². The van der Waals surface area contributed by atoms with Crippen molar-refractivity contribution in [3.63, 3.8) is 0 Å². The Morgan fingerprint density at radius 2 is 1.63 bits per heavy atom. The Hall–Kier alpha value is -3.50. The monoisotopic (exact) mass is 536 g/mol. The number of nitrogens with one attached hydrogen (secondary N) is 2. The predicted molar refractivity (Wildman–Crippen MR) is 134 cm³/mol. The van der Waals surface area contributed by atoms with Crippen LogP contribution in [0.4, 0.5) is 27.6 Å². The fourth-order valence-corrected chi connectivity index (χ4v) is 4.27. The van der Waals surface area contributed by atoms with Gasteiger partial charge in [-0.3, -0.25) is 4.79 Å². The molecule has 0 fully saturated rings. The fourth-order valence-electron chi connectivity index (χ4n) is 4.27. The van der Waals surface area contributed by atoms with Crippen molar-refractivity contribution in [2.75, 3.05) is 11.9 Å². The number of aliphatic hydroxyl groups is 1. The lowest BCUT2D eigenvalue weighted by Gasteiger charge is -2.27. The summed E-state index contributed by atoms with van der Waals surface area (Å²) in [7, 11) is 0. The molecule has 0 aliphatic rings. The first-order chi connectivity index (χ1) is 17.9. The van der Waals surface area contributed by atoms with Gasteiger partial charge in [-0.1, -0.05) is 43.3 Å². The van der Waals surface area contributed by atoms with Gasteiger partial charge in [-0.05, 0) is 47.7 Å². The molecule has 0 saturated heterocycles. The lowest BCUT2D eigenvalue weighted by molar-refractivity contribution is -0.274. The molecular weight excluding hydrogens is 507 g/mol. The van der Waals surface area contributed by atoms with Crippen LogP contribution >= 0.6 is 0 Å². The number of carbonyl (C=O) groups excluding carboxylic acids is 1. The lowest BCUT2D eigenvalue weighted by Crippen LogP contribution is -2.33. The van der Waals surface area contributed by atoms with E-state index in [-0.39, 0.29) is 29.8 Å². The van der Waals surface area contributed by atoms with Crippen LogP contribution in [0.1, 0.15) is 42.0 Å². The van der Waals surface area contributed by atoms with Crippen molar-refractivity contribution in [3.8, 4) is 5.75 Å². The summed E-state index contributed by atoms with van der Waals surface area (Å²) in [6.07, 6.45) is -5.76. The summed E-state index contributed by atoms with van der Waals surface area (Å²) in [5.41, 5.74) is 1.87. The minimum Gasteiger partial charge on any atom is -0.403 e. The number of rotatable bonds is 11. The quantitative estimate of drug-likeness (QED) is 0.269. The molecule has 204 valence electrons. The van der Waals surface area contributed by atoms with Crippen LogP contribution < -0.4 is 15.4 Å². The number of amides is 1. The van der Waals surface area contributed by atoms with E-state index in [9.17, 15) is 31.9 Å². The third-order valence-electron chi connectivity index (χ3n) is 5.90. The average Bonchev–Trinajstić information content (AvgIpc) is 2.82. The first-order valence-electron chi connectivity index (χ1n) is 12.0. The summed E-state index contributed by atoms with van der Waals surface area (Å²) < 4.78 is 72.2. The Bertz CT molecular complexity index is 1230. The highest BCUT2D eigenvalue weighted by atomic mass is 19.4. The second-order valence-electron chi connectivity index (χ2n) is 8.91. The molecule has 10 heteroatoms. The Kier molecular flexibility index (Phi) is 9.82. The highest BCUT2D eigenvalue weighted by molar-refractivity contribution is 5.90. The number of hydrogen-bond acceptors (Lipinski definition) is 4. The van der Waals surface area contributed by atoms with Gasteiger partial charge in [-0.2, -0.15) is 0 Å². The number of para-hydroxylation sites is 1. The van der Waals surface area contributed by atoms with E-state index in [2.05, 4.69) is 15.4 Å². The van der Waals surface area contributed by atoms with Gasteiger partial charge in [0.15, 0.2) is 5.75 Å². The molecule has 0 heterocycles.